The Morgan fingerprint density at radius 3 is 2.00 bits per heavy atom. The topological polar surface area (TPSA) is 92.7 Å². The van der Waals surface area contributed by atoms with Crippen molar-refractivity contribution in [3.63, 3.8) is 0 Å². The van der Waals surface area contributed by atoms with Gasteiger partial charge in [0.1, 0.15) is 0 Å². The summed E-state index contributed by atoms with van der Waals surface area (Å²) in [7, 11) is -4.03. The molecule has 0 fully saturated rings. The van der Waals surface area contributed by atoms with Crippen LogP contribution in [0.25, 0.3) is 11.1 Å². The molecule has 0 saturated heterocycles. The number of halogens is 3. The molecule has 0 aliphatic carbocycles. The summed E-state index contributed by atoms with van der Waals surface area (Å²) in [5.41, 5.74) is 2.49. The highest BCUT2D eigenvalue weighted by atomic mass is 32.2. The molecule has 0 spiro atoms. The minimum absolute atomic E-state index is 0.0813. The lowest BCUT2D eigenvalue weighted by Crippen LogP contribution is -2.33. The molecule has 0 radical (unpaired) electrons. The summed E-state index contributed by atoms with van der Waals surface area (Å²) in [6.45, 7) is -0.147. The lowest BCUT2D eigenvalue weighted by molar-refractivity contribution is -0.137. The quantitative estimate of drug-likeness (QED) is 0.335. The number of nitrogens with one attached hydrogen (secondary N) is 1. The highest BCUT2D eigenvalue weighted by Crippen LogP contribution is 2.31. The van der Waals surface area contributed by atoms with Crippen LogP contribution in [0.15, 0.2) is 83.8 Å². The zero-order valence-electron chi connectivity index (χ0n) is 17.8. The van der Waals surface area contributed by atoms with Crippen molar-refractivity contribution in [3.05, 3.63) is 90.0 Å². The maximum Gasteiger partial charge on any atom is 0.416 e. The second kappa shape index (κ2) is 10.8. The first-order valence-electron chi connectivity index (χ1n) is 10.2. The first kappa shape index (κ1) is 25.4. The van der Waals surface area contributed by atoms with E-state index in [0.717, 1.165) is 17.7 Å². The largest absolute Gasteiger partial charge is 0.416 e. The Kier molecular flexibility index (Phi) is 8.08. The minimum atomic E-state index is -4.45. The molecule has 180 valence electrons. The van der Waals surface area contributed by atoms with E-state index in [1.165, 1.54) is 41.9 Å². The summed E-state index contributed by atoms with van der Waals surface area (Å²) < 4.78 is 70.1. The molecule has 3 aromatic carbocycles. The van der Waals surface area contributed by atoms with Crippen LogP contribution in [-0.4, -0.2) is 31.4 Å². The minimum Gasteiger partial charge on any atom is -0.375 e. The number of amides is 1. The van der Waals surface area contributed by atoms with E-state index in [0.29, 0.717) is 11.1 Å². The van der Waals surface area contributed by atoms with E-state index in [4.69, 9.17) is 9.94 Å². The van der Waals surface area contributed by atoms with E-state index < -0.39 is 39.2 Å². The van der Waals surface area contributed by atoms with Crippen molar-refractivity contribution in [1.29, 1.82) is 0 Å². The van der Waals surface area contributed by atoms with Crippen LogP contribution >= 0.6 is 0 Å². The Balaban J connectivity index is 1.77. The molecule has 10 heteroatoms. The van der Waals surface area contributed by atoms with E-state index in [1.54, 1.807) is 0 Å². The van der Waals surface area contributed by atoms with Crippen LogP contribution < -0.4 is 5.48 Å². The van der Waals surface area contributed by atoms with Crippen molar-refractivity contribution < 1.29 is 36.3 Å². The first-order chi connectivity index (χ1) is 16.1. The number of carbonyl (C=O) groups excluding carboxylic acids is 1. The first-order valence-corrected chi connectivity index (χ1v) is 11.7. The monoisotopic (exact) mass is 493 g/mol. The molecular weight excluding hydrogens is 471 g/mol. The normalized spacial score (nSPS) is 12.8. The van der Waals surface area contributed by atoms with Gasteiger partial charge in [-0.3, -0.25) is 10.0 Å². The highest BCUT2D eigenvalue weighted by molar-refractivity contribution is 7.92. The Bertz CT molecular complexity index is 1200. The average molecular weight is 494 g/mol. The lowest BCUT2D eigenvalue weighted by Gasteiger charge is -2.17. The van der Waals surface area contributed by atoms with Gasteiger partial charge in [-0.25, -0.2) is 13.9 Å². The molecule has 0 bridgehead atoms. The van der Waals surface area contributed by atoms with E-state index >= 15 is 0 Å². The van der Waals surface area contributed by atoms with Gasteiger partial charge in [0, 0.05) is 6.42 Å². The van der Waals surface area contributed by atoms with Crippen LogP contribution in [-0.2, 0) is 32.2 Å². The molecule has 1 amide bonds. The molecule has 0 aliphatic rings. The van der Waals surface area contributed by atoms with Crippen LogP contribution in [0.5, 0.6) is 0 Å². The van der Waals surface area contributed by atoms with Crippen LogP contribution in [0.2, 0.25) is 0 Å². The van der Waals surface area contributed by atoms with E-state index in [1.807, 2.05) is 30.3 Å². The van der Waals surface area contributed by atoms with Crippen molar-refractivity contribution in [2.75, 3.05) is 6.61 Å². The number of ether oxygens (including phenoxy) is 1. The Labute approximate surface area is 194 Å². The molecule has 1 unspecified atom stereocenters. The Morgan fingerprint density at radius 2 is 1.47 bits per heavy atom. The van der Waals surface area contributed by atoms with E-state index in [9.17, 15) is 26.4 Å². The number of hydrogen-bond donors (Lipinski definition) is 2. The molecule has 3 rings (SSSR count). The van der Waals surface area contributed by atoms with Gasteiger partial charge >= 0.3 is 6.18 Å². The number of benzene rings is 3. The van der Waals surface area contributed by atoms with Crippen molar-refractivity contribution in [1.82, 2.24) is 5.48 Å². The Hall–Kier alpha value is -3.21. The molecule has 2 N–H and O–H groups in total. The molecule has 0 aromatic heterocycles. The van der Waals surface area contributed by atoms with E-state index in [-0.39, 0.29) is 18.1 Å². The predicted molar refractivity (Wildman–Crippen MR) is 118 cm³/mol. The van der Waals surface area contributed by atoms with Crippen LogP contribution in [0.1, 0.15) is 17.5 Å². The van der Waals surface area contributed by atoms with Crippen molar-refractivity contribution >= 4 is 15.7 Å². The number of hydroxylamine groups is 1. The third-order valence-electron chi connectivity index (χ3n) is 5.12. The summed E-state index contributed by atoms with van der Waals surface area (Å²) in [5.74, 6) is -0.877. The molecule has 0 saturated carbocycles. The zero-order valence-corrected chi connectivity index (χ0v) is 18.6. The standard InChI is InChI=1S/C24H22F3NO5S/c25-24(26,27)20-10-6-18(7-11-20)19-8-12-21(13-9-19)34(31,32)22(14-23(29)28-30)16-33-15-17-4-2-1-3-5-17/h1-13,22,30H,14-16H2,(H,28,29). The van der Waals surface area contributed by atoms with Gasteiger partial charge < -0.3 is 4.74 Å². The number of alkyl halides is 3. The van der Waals surface area contributed by atoms with Gasteiger partial charge in [0.2, 0.25) is 5.91 Å². The van der Waals surface area contributed by atoms with Gasteiger partial charge in [-0.05, 0) is 41.0 Å². The fourth-order valence-electron chi connectivity index (χ4n) is 3.27. The summed E-state index contributed by atoms with van der Waals surface area (Å²) in [6, 6.07) is 19.2. The molecule has 0 heterocycles. The highest BCUT2D eigenvalue weighted by Gasteiger charge is 2.31. The van der Waals surface area contributed by atoms with Gasteiger partial charge in [-0.2, -0.15) is 13.2 Å². The maximum absolute atomic E-state index is 13.2. The molecule has 0 aliphatic heterocycles. The number of hydrogen-bond acceptors (Lipinski definition) is 5. The Morgan fingerprint density at radius 1 is 0.912 bits per heavy atom. The summed E-state index contributed by atoms with van der Waals surface area (Å²) in [6.07, 6.45) is -4.97. The molecule has 1 atom stereocenters. The summed E-state index contributed by atoms with van der Waals surface area (Å²) >= 11 is 0. The fraction of sp³-hybridized carbons (Fsp3) is 0.208. The van der Waals surface area contributed by atoms with Crippen molar-refractivity contribution in [2.45, 2.75) is 29.3 Å². The average Bonchev–Trinajstić information content (AvgIpc) is 2.83. The smallest absolute Gasteiger partial charge is 0.375 e. The van der Waals surface area contributed by atoms with E-state index in [2.05, 4.69) is 0 Å². The van der Waals surface area contributed by atoms with Gasteiger partial charge in [-0.1, -0.05) is 54.6 Å². The maximum atomic E-state index is 13.2. The SMILES string of the molecule is O=C(CC(COCc1ccccc1)S(=O)(=O)c1ccc(-c2ccc(C(F)(F)F)cc2)cc1)NO. The summed E-state index contributed by atoms with van der Waals surface area (Å²) in [5, 5.41) is 7.59. The number of rotatable bonds is 9. The second-order valence-electron chi connectivity index (χ2n) is 7.51. The zero-order chi connectivity index (χ0) is 24.8. The van der Waals surface area contributed by atoms with Crippen LogP contribution in [0.3, 0.4) is 0 Å². The lowest BCUT2D eigenvalue weighted by atomic mass is 10.0. The molecule has 6 nitrogen and oxygen atoms in total. The van der Waals surface area contributed by atoms with Gasteiger partial charge in [0.05, 0.1) is 28.9 Å². The second-order valence-corrected chi connectivity index (χ2v) is 9.73. The number of sulfone groups is 1. The third kappa shape index (κ3) is 6.43. The van der Waals surface area contributed by atoms with Crippen molar-refractivity contribution in [2.24, 2.45) is 0 Å². The summed E-state index contributed by atoms with van der Waals surface area (Å²) in [4.78, 5) is 11.6. The molecule has 3 aromatic rings. The molecular formula is C24H22F3NO5S. The predicted octanol–water partition coefficient (Wildman–Crippen LogP) is 4.63. The van der Waals surface area contributed by atoms with Gasteiger partial charge in [0.15, 0.2) is 9.84 Å². The third-order valence-corrected chi connectivity index (χ3v) is 7.23. The van der Waals surface area contributed by atoms with Crippen LogP contribution in [0, 0.1) is 0 Å². The van der Waals surface area contributed by atoms with Gasteiger partial charge in [-0.15, -0.1) is 0 Å². The fourth-order valence-corrected chi connectivity index (χ4v) is 4.82. The van der Waals surface area contributed by atoms with Gasteiger partial charge in [0.25, 0.3) is 0 Å². The number of carbonyl (C=O) groups is 1. The van der Waals surface area contributed by atoms with Crippen LogP contribution in [0.4, 0.5) is 13.2 Å². The molecule has 34 heavy (non-hydrogen) atoms. The van der Waals surface area contributed by atoms with Crippen molar-refractivity contribution in [3.8, 4) is 11.1 Å².